The minimum atomic E-state index is -1.27. The molecular weight excluding hydrogens is 312 g/mol. The number of aliphatic hydroxyl groups excluding tert-OH is 3. The summed E-state index contributed by atoms with van der Waals surface area (Å²) in [5.74, 6) is -1.27. The van der Waals surface area contributed by atoms with Crippen molar-refractivity contribution in [2.45, 2.75) is 12.5 Å². The molecule has 0 radical (unpaired) electrons. The second kappa shape index (κ2) is 12.3. The van der Waals surface area contributed by atoms with E-state index in [4.69, 9.17) is 33.3 Å². The molecule has 0 saturated heterocycles. The number of hydrogen-bond acceptors (Lipinski definition) is 7. The average Bonchev–Trinajstić information content (AvgIpc) is 2.85. The fourth-order valence-electron chi connectivity index (χ4n) is 1.65. The van der Waals surface area contributed by atoms with Crippen LogP contribution in [0.3, 0.4) is 0 Å². The maximum absolute atomic E-state index is 10.2. The van der Waals surface area contributed by atoms with E-state index >= 15 is 0 Å². The van der Waals surface area contributed by atoms with E-state index in [1.165, 1.54) is 0 Å². The molecule has 0 saturated carbocycles. The van der Waals surface area contributed by atoms with Crippen LogP contribution in [0.4, 0.5) is 0 Å². The zero-order chi connectivity index (χ0) is 17.0. The number of carboxylic acid groups (broad SMARTS) is 1. The summed E-state index contributed by atoms with van der Waals surface area (Å²) >= 11 is 4.74. The first-order valence-corrected chi connectivity index (χ1v) is 7.24. The first-order valence-electron chi connectivity index (χ1n) is 6.83. The zero-order valence-corrected chi connectivity index (χ0v) is 13.1. The standard InChI is InChI=1S/C6H9N3O2S.C6H15NO3/c7-4(5(10)11)1-3-2-8-6(12)9-3;8-4-1-7(2-5-9)3-6-10/h2,4H,1,7H2,(H,10,11)(H2,8,9,12);8-10H,1-6H2. The van der Waals surface area contributed by atoms with Gasteiger partial charge in [-0.25, -0.2) is 0 Å². The van der Waals surface area contributed by atoms with Crippen LogP contribution in [-0.2, 0) is 11.2 Å². The van der Waals surface area contributed by atoms with Gasteiger partial charge in [-0.2, -0.15) is 0 Å². The van der Waals surface area contributed by atoms with Gasteiger partial charge in [0.1, 0.15) is 19.6 Å². The summed E-state index contributed by atoms with van der Waals surface area (Å²) in [4.78, 5) is 16.7. The van der Waals surface area contributed by atoms with Crippen LogP contribution in [0.25, 0.3) is 0 Å². The number of carbonyl (C=O) groups is 1. The second-order valence-corrected chi connectivity index (χ2v) is 4.98. The van der Waals surface area contributed by atoms with Gasteiger partial charge in [-0.15, -0.1) is 0 Å². The minimum absolute atomic E-state index is 0.106. The largest absolute Gasteiger partial charge is 0.548 e. The molecule has 0 aliphatic rings. The van der Waals surface area contributed by atoms with Crippen LogP contribution in [-0.4, -0.2) is 76.8 Å². The number of aromatic amines is 2. The van der Waals surface area contributed by atoms with Crippen molar-refractivity contribution in [1.29, 1.82) is 0 Å². The van der Waals surface area contributed by atoms with Crippen LogP contribution in [0.15, 0.2) is 6.20 Å². The summed E-state index contributed by atoms with van der Waals surface area (Å²) in [6, 6.07) is -0.994. The van der Waals surface area contributed by atoms with Crippen molar-refractivity contribution >= 4 is 18.2 Å². The average molecular weight is 336 g/mol. The summed E-state index contributed by atoms with van der Waals surface area (Å²) < 4.78 is 0.454. The highest BCUT2D eigenvalue weighted by molar-refractivity contribution is 7.71. The highest BCUT2D eigenvalue weighted by Gasteiger charge is 2.05. The molecule has 1 aromatic heterocycles. The van der Waals surface area contributed by atoms with Crippen LogP contribution in [0, 0.1) is 4.77 Å². The third-order valence-corrected chi connectivity index (χ3v) is 3.01. The van der Waals surface area contributed by atoms with E-state index in [-0.39, 0.29) is 26.2 Å². The van der Waals surface area contributed by atoms with Crippen LogP contribution in [0.5, 0.6) is 0 Å². The number of aliphatic carboxylic acids is 1. The Kier molecular flexibility index (Phi) is 11.5. The number of rotatable bonds is 9. The Balaban J connectivity index is 0.000000409. The number of H-pyrrole nitrogens is 2. The molecule has 9 nitrogen and oxygen atoms in total. The molecule has 1 aromatic rings. The molecule has 0 aliphatic heterocycles. The number of carboxylic acids is 1. The van der Waals surface area contributed by atoms with Crippen molar-refractivity contribution in [3.8, 4) is 0 Å². The molecule has 0 aliphatic carbocycles. The Morgan fingerprint density at radius 2 is 1.77 bits per heavy atom. The Labute approximate surface area is 133 Å². The van der Waals surface area contributed by atoms with Crippen LogP contribution in [0.1, 0.15) is 5.69 Å². The summed E-state index contributed by atoms with van der Waals surface area (Å²) in [6.45, 7) is 2.11. The molecule has 1 atom stereocenters. The van der Waals surface area contributed by atoms with E-state index in [1.54, 1.807) is 6.20 Å². The lowest BCUT2D eigenvalue weighted by molar-refractivity contribution is -0.901. The lowest BCUT2D eigenvalue weighted by Crippen LogP contribution is -3.13. The third kappa shape index (κ3) is 9.60. The number of imidazole rings is 1. The smallest absolute Gasteiger partial charge is 0.174 e. The van der Waals surface area contributed by atoms with Gasteiger partial charge in [0.25, 0.3) is 0 Å². The van der Waals surface area contributed by atoms with Crippen LogP contribution in [0.2, 0.25) is 0 Å². The molecular formula is C12H24N4O5S. The zero-order valence-electron chi connectivity index (χ0n) is 12.2. The van der Waals surface area contributed by atoms with Gasteiger partial charge in [0.15, 0.2) is 4.77 Å². The van der Waals surface area contributed by atoms with Gasteiger partial charge in [0.05, 0.1) is 25.8 Å². The van der Waals surface area contributed by atoms with Gasteiger partial charge in [-0.05, 0) is 12.2 Å². The molecule has 1 heterocycles. The van der Waals surface area contributed by atoms with E-state index in [2.05, 4.69) is 9.97 Å². The molecule has 0 aromatic carbocycles. The Morgan fingerprint density at radius 3 is 2.09 bits per heavy atom. The highest BCUT2D eigenvalue weighted by Crippen LogP contribution is 1.96. The van der Waals surface area contributed by atoms with Gasteiger partial charge in [-0.3, -0.25) is 0 Å². The maximum Gasteiger partial charge on any atom is 0.174 e. The van der Waals surface area contributed by atoms with E-state index in [0.29, 0.717) is 30.1 Å². The molecule has 1 unspecified atom stereocenters. The number of nitrogens with one attached hydrogen (secondary N) is 3. The van der Waals surface area contributed by atoms with Gasteiger partial charge < -0.3 is 45.8 Å². The molecule has 10 heteroatoms. The first-order chi connectivity index (χ1) is 10.4. The normalized spacial score (nSPS) is 11.9. The van der Waals surface area contributed by atoms with E-state index < -0.39 is 12.0 Å². The van der Waals surface area contributed by atoms with Crippen molar-refractivity contribution in [3.05, 3.63) is 16.7 Å². The van der Waals surface area contributed by atoms with Crippen LogP contribution >= 0.6 is 12.2 Å². The van der Waals surface area contributed by atoms with E-state index in [9.17, 15) is 9.90 Å². The summed E-state index contributed by atoms with van der Waals surface area (Å²) in [6.07, 6.45) is 1.78. The molecule has 8 N–H and O–H groups in total. The van der Waals surface area contributed by atoms with Crippen molar-refractivity contribution in [2.75, 3.05) is 39.5 Å². The lowest BCUT2D eigenvalue weighted by Gasteiger charge is -2.15. The number of quaternary nitrogens is 1. The fourth-order valence-corrected chi connectivity index (χ4v) is 1.84. The number of aliphatic hydroxyl groups is 3. The summed E-state index contributed by atoms with van der Waals surface area (Å²) in [5.41, 5.74) is 5.89. The van der Waals surface area contributed by atoms with Gasteiger partial charge in [-0.1, -0.05) is 0 Å². The third-order valence-electron chi connectivity index (χ3n) is 2.79. The molecule has 0 amide bonds. The number of nitrogens with two attached hydrogens (primary N) is 1. The van der Waals surface area contributed by atoms with Gasteiger partial charge in [0.2, 0.25) is 0 Å². The topological polar surface area (TPSA) is 163 Å². The SMILES string of the molecule is NC(Cc1c[nH]c(=S)[nH]1)C(=O)[O-].OCC[NH+](CCO)CCO. The molecule has 128 valence electrons. The molecule has 1 rings (SSSR count). The fraction of sp³-hybridized carbons (Fsp3) is 0.667. The minimum Gasteiger partial charge on any atom is -0.548 e. The number of hydrogen-bond donors (Lipinski definition) is 7. The second-order valence-electron chi connectivity index (χ2n) is 4.57. The lowest BCUT2D eigenvalue weighted by atomic mass is 10.2. The molecule has 22 heavy (non-hydrogen) atoms. The summed E-state index contributed by atoms with van der Waals surface area (Å²) in [5, 5.41) is 35.7. The molecule has 0 bridgehead atoms. The summed E-state index contributed by atoms with van der Waals surface area (Å²) in [7, 11) is 0. The van der Waals surface area contributed by atoms with Crippen molar-refractivity contribution in [1.82, 2.24) is 9.97 Å². The molecule has 0 spiro atoms. The van der Waals surface area contributed by atoms with Crippen LogP contribution < -0.4 is 15.7 Å². The van der Waals surface area contributed by atoms with E-state index in [0.717, 1.165) is 4.90 Å². The van der Waals surface area contributed by atoms with Gasteiger partial charge in [0, 0.05) is 24.4 Å². The maximum atomic E-state index is 10.2. The monoisotopic (exact) mass is 336 g/mol. The first kappa shape index (κ1) is 20.7. The van der Waals surface area contributed by atoms with Gasteiger partial charge >= 0.3 is 0 Å². The quantitative estimate of drug-likeness (QED) is 0.224. The van der Waals surface area contributed by atoms with Crippen molar-refractivity contribution < 1.29 is 30.1 Å². The molecule has 0 fully saturated rings. The van der Waals surface area contributed by atoms with Crippen molar-refractivity contribution in [2.24, 2.45) is 5.73 Å². The highest BCUT2D eigenvalue weighted by atomic mass is 32.1. The van der Waals surface area contributed by atoms with E-state index in [1.807, 2.05) is 0 Å². The predicted molar refractivity (Wildman–Crippen MR) is 79.5 cm³/mol. The number of carbonyl (C=O) groups excluding carboxylic acids is 1. The Bertz CT molecular complexity index is 450. The predicted octanol–water partition coefficient (Wildman–Crippen LogP) is -4.46. The number of aromatic nitrogens is 2. The Hall–Kier alpha value is -1.30. The Morgan fingerprint density at radius 1 is 1.27 bits per heavy atom. The van der Waals surface area contributed by atoms with Crippen molar-refractivity contribution in [3.63, 3.8) is 0 Å².